The predicted molar refractivity (Wildman–Crippen MR) is 134 cm³/mol. The summed E-state index contributed by atoms with van der Waals surface area (Å²) in [6.07, 6.45) is 0.301. The fourth-order valence-corrected chi connectivity index (χ4v) is 4.74. The summed E-state index contributed by atoms with van der Waals surface area (Å²) in [7, 11) is 0. The van der Waals surface area contributed by atoms with Crippen molar-refractivity contribution in [3.05, 3.63) is 53.4 Å². The van der Waals surface area contributed by atoms with Gasteiger partial charge in [-0.25, -0.2) is 4.79 Å². The second-order valence-electron chi connectivity index (χ2n) is 10.6. The van der Waals surface area contributed by atoms with Crippen molar-refractivity contribution in [2.24, 2.45) is 5.41 Å². The molecule has 3 heterocycles. The molecule has 2 fully saturated rings. The lowest BCUT2D eigenvalue weighted by molar-refractivity contribution is -0.122. The Kier molecular flexibility index (Phi) is 7.99. The van der Waals surface area contributed by atoms with Crippen LogP contribution in [-0.2, 0) is 14.4 Å². The summed E-state index contributed by atoms with van der Waals surface area (Å²) < 4.78 is 10.7. The van der Waals surface area contributed by atoms with Crippen LogP contribution in [0.2, 0.25) is 0 Å². The molecule has 2 aliphatic heterocycles. The number of alkyl carbamates (subject to hydrolysis) is 1. The van der Waals surface area contributed by atoms with Crippen molar-refractivity contribution < 1.29 is 28.5 Å². The molecule has 0 bridgehead atoms. The number of amides is 2. The van der Waals surface area contributed by atoms with Crippen molar-refractivity contribution in [2.45, 2.75) is 84.8 Å². The molecular weight excluding hydrogens is 476 g/mol. The first-order valence-corrected chi connectivity index (χ1v) is 12.8. The number of ether oxygens (including phenoxy) is 1. The highest BCUT2D eigenvalue weighted by Gasteiger charge is 2.49. The van der Waals surface area contributed by atoms with Gasteiger partial charge in [-0.3, -0.25) is 14.4 Å². The molecule has 2 aliphatic rings. The number of ketones is 1. The van der Waals surface area contributed by atoms with Crippen LogP contribution in [0.15, 0.2) is 40.9 Å². The molecule has 1 aromatic heterocycles. The minimum Gasteiger partial charge on any atom is -0.425 e. The third-order valence-corrected chi connectivity index (χ3v) is 6.82. The first-order chi connectivity index (χ1) is 17.6. The quantitative estimate of drug-likeness (QED) is 0.467. The lowest BCUT2D eigenvalue weighted by Crippen LogP contribution is -2.47. The van der Waals surface area contributed by atoms with Crippen LogP contribution in [0.1, 0.15) is 81.2 Å². The van der Waals surface area contributed by atoms with Crippen LogP contribution >= 0.6 is 0 Å². The number of nitrogens with one attached hydrogen (secondary N) is 1. The molecule has 0 saturated carbocycles. The lowest BCUT2D eigenvalue weighted by atomic mass is 9.93. The largest absolute Gasteiger partial charge is 0.425 e. The number of hydroxylamine groups is 2. The summed E-state index contributed by atoms with van der Waals surface area (Å²) in [6, 6.07) is 10.5. The summed E-state index contributed by atoms with van der Waals surface area (Å²) in [6.45, 7) is 10.1. The molecule has 10 heteroatoms. The number of likely N-dealkylation sites (tertiary alicyclic amines) is 1. The number of unbranched alkanes of at least 4 members (excludes halogenated alkanes) is 1. The topological polar surface area (TPSA) is 117 Å². The maximum absolute atomic E-state index is 13.3. The van der Waals surface area contributed by atoms with Gasteiger partial charge >= 0.3 is 6.09 Å². The van der Waals surface area contributed by atoms with E-state index < -0.39 is 24.6 Å². The van der Waals surface area contributed by atoms with Gasteiger partial charge in [0.1, 0.15) is 5.76 Å². The van der Waals surface area contributed by atoms with E-state index in [-0.39, 0.29) is 28.8 Å². The van der Waals surface area contributed by atoms with Crippen LogP contribution in [0.4, 0.5) is 4.79 Å². The standard InChI is InChI=1S/C27H36N4O6/c1-6-7-13-20(23(32)25-31(37-25)18(3)19-11-9-8-10-12-19)28-26(34)35-22-15-27(4,5)16-30(22)24(33)21-14-17(2)36-29-21/h8-12,14,18,20,22,25H,6-7,13,15-16H2,1-5H3,(H,28,34)/t18-,20?,22?,25?,31?/m1/s1. The fraction of sp³-hybridized carbons (Fsp3) is 0.556. The molecule has 4 unspecified atom stereocenters. The summed E-state index contributed by atoms with van der Waals surface area (Å²) in [4.78, 5) is 46.4. The smallest absolute Gasteiger partial charge is 0.409 e. The summed E-state index contributed by atoms with van der Waals surface area (Å²) in [5.41, 5.74) is 0.942. The highest BCUT2D eigenvalue weighted by atomic mass is 16.8. The number of rotatable bonds is 10. The molecule has 2 amide bonds. The average molecular weight is 513 g/mol. The minimum atomic E-state index is -0.784. The number of nitrogens with zero attached hydrogens (tertiary/aromatic N) is 3. The van der Waals surface area contributed by atoms with E-state index in [0.717, 1.165) is 18.4 Å². The van der Waals surface area contributed by atoms with Gasteiger partial charge in [0, 0.05) is 19.0 Å². The molecule has 1 N–H and O–H groups in total. The van der Waals surface area contributed by atoms with Crippen molar-refractivity contribution in [1.29, 1.82) is 0 Å². The molecule has 0 spiro atoms. The van der Waals surface area contributed by atoms with Crippen LogP contribution in [0.5, 0.6) is 0 Å². The molecule has 5 atom stereocenters. The van der Waals surface area contributed by atoms with Gasteiger partial charge in [-0.1, -0.05) is 69.1 Å². The number of Topliss-reactive ketones (excluding diaryl/α,β-unsaturated/α-hetero) is 1. The first kappa shape index (κ1) is 26.8. The Morgan fingerprint density at radius 2 is 1.97 bits per heavy atom. The molecule has 4 rings (SSSR count). The summed E-state index contributed by atoms with van der Waals surface area (Å²) >= 11 is 0. The van der Waals surface area contributed by atoms with Gasteiger partial charge in [0.15, 0.2) is 11.9 Å². The summed E-state index contributed by atoms with van der Waals surface area (Å²) in [5.74, 6) is -0.0612. The third-order valence-electron chi connectivity index (χ3n) is 6.82. The van der Waals surface area contributed by atoms with Crippen molar-refractivity contribution in [3.63, 3.8) is 0 Å². The van der Waals surface area contributed by atoms with E-state index in [1.165, 1.54) is 4.90 Å². The summed E-state index contributed by atoms with van der Waals surface area (Å²) in [5, 5.41) is 8.19. The van der Waals surface area contributed by atoms with Gasteiger partial charge in [0.25, 0.3) is 5.91 Å². The third kappa shape index (κ3) is 6.37. The number of hydrogen-bond donors (Lipinski definition) is 1. The molecule has 2 saturated heterocycles. The van der Waals surface area contributed by atoms with Crippen LogP contribution in [0.3, 0.4) is 0 Å². The molecule has 10 nitrogen and oxygen atoms in total. The van der Waals surface area contributed by atoms with E-state index in [9.17, 15) is 14.4 Å². The van der Waals surface area contributed by atoms with E-state index in [1.54, 1.807) is 18.1 Å². The SMILES string of the molecule is CCCCC(NC(=O)OC1CC(C)(C)CN1C(=O)c1cc(C)on1)C(=O)C1ON1[C@H](C)c1ccccc1. The highest BCUT2D eigenvalue weighted by molar-refractivity contribution is 5.93. The molecule has 0 aliphatic carbocycles. The van der Waals surface area contributed by atoms with Crippen LogP contribution in [-0.4, -0.2) is 57.9 Å². The predicted octanol–water partition coefficient (Wildman–Crippen LogP) is 4.37. The maximum Gasteiger partial charge on any atom is 0.409 e. The van der Waals surface area contributed by atoms with E-state index in [0.29, 0.717) is 25.1 Å². The van der Waals surface area contributed by atoms with Gasteiger partial charge in [-0.05, 0) is 31.2 Å². The Labute approximate surface area is 217 Å². The van der Waals surface area contributed by atoms with Gasteiger partial charge < -0.3 is 19.5 Å². The fourth-order valence-electron chi connectivity index (χ4n) is 4.74. The molecule has 37 heavy (non-hydrogen) atoms. The van der Waals surface area contributed by atoms with E-state index in [1.807, 2.05) is 58.0 Å². The monoisotopic (exact) mass is 512 g/mol. The van der Waals surface area contributed by atoms with E-state index >= 15 is 0 Å². The first-order valence-electron chi connectivity index (χ1n) is 12.8. The van der Waals surface area contributed by atoms with Crippen LogP contribution in [0, 0.1) is 12.3 Å². The number of carbonyl (C=O) groups excluding carboxylic acids is 3. The Morgan fingerprint density at radius 1 is 1.24 bits per heavy atom. The van der Waals surface area contributed by atoms with E-state index in [2.05, 4.69) is 10.5 Å². The average Bonchev–Trinajstić information content (AvgIpc) is 3.45. The van der Waals surface area contributed by atoms with E-state index in [4.69, 9.17) is 14.1 Å². The zero-order valence-corrected chi connectivity index (χ0v) is 22.1. The Hall–Kier alpha value is -3.24. The van der Waals surface area contributed by atoms with Gasteiger partial charge in [-0.2, -0.15) is 0 Å². The Morgan fingerprint density at radius 3 is 2.62 bits per heavy atom. The number of aryl methyl sites for hydroxylation is 1. The number of benzene rings is 1. The Bertz CT molecular complexity index is 1120. The second-order valence-corrected chi connectivity index (χ2v) is 10.6. The van der Waals surface area contributed by atoms with Crippen molar-refractivity contribution in [3.8, 4) is 0 Å². The molecule has 2 aromatic rings. The normalized spacial score (nSPS) is 23.8. The number of carbonyl (C=O) groups is 3. The van der Waals surface area contributed by atoms with Gasteiger partial charge in [0.05, 0.1) is 12.1 Å². The zero-order valence-electron chi connectivity index (χ0n) is 22.1. The van der Waals surface area contributed by atoms with Gasteiger partial charge in [-0.15, -0.1) is 5.06 Å². The van der Waals surface area contributed by atoms with Crippen LogP contribution < -0.4 is 5.32 Å². The molecular formula is C27H36N4O6. The molecule has 0 radical (unpaired) electrons. The van der Waals surface area contributed by atoms with Crippen molar-refractivity contribution in [1.82, 2.24) is 20.4 Å². The van der Waals surface area contributed by atoms with Crippen molar-refractivity contribution in [2.75, 3.05) is 6.54 Å². The van der Waals surface area contributed by atoms with Gasteiger partial charge in [0.2, 0.25) is 12.0 Å². The lowest BCUT2D eigenvalue weighted by Gasteiger charge is -2.25. The number of aromatic nitrogens is 1. The van der Waals surface area contributed by atoms with Crippen LogP contribution in [0.25, 0.3) is 0 Å². The van der Waals surface area contributed by atoms with Crippen molar-refractivity contribution >= 4 is 17.8 Å². The Balaban J connectivity index is 1.40. The maximum atomic E-state index is 13.3. The number of hydrogen-bond acceptors (Lipinski definition) is 8. The zero-order chi connectivity index (χ0) is 26.7. The molecule has 200 valence electrons. The highest BCUT2D eigenvalue weighted by Crippen LogP contribution is 2.36. The molecule has 1 aromatic carbocycles. The second kappa shape index (κ2) is 11.0. The minimum absolute atomic E-state index is 0.102.